The fourth-order valence-corrected chi connectivity index (χ4v) is 0.939. The molecule has 3 nitrogen and oxygen atoms in total. The summed E-state index contributed by atoms with van der Waals surface area (Å²) in [6, 6.07) is 0. The second kappa shape index (κ2) is 10.2. The molecule has 0 heterocycles. The van der Waals surface area contributed by atoms with Gasteiger partial charge >= 0.3 is 29.6 Å². The van der Waals surface area contributed by atoms with E-state index in [1.165, 1.54) is 0 Å². The van der Waals surface area contributed by atoms with Gasteiger partial charge in [0.2, 0.25) is 0 Å². The van der Waals surface area contributed by atoms with Crippen molar-refractivity contribution in [3.63, 3.8) is 0 Å². The third-order valence-corrected chi connectivity index (χ3v) is 1.67. The molecule has 0 spiro atoms. The predicted molar refractivity (Wildman–Crippen MR) is 43.4 cm³/mol. The van der Waals surface area contributed by atoms with Crippen LogP contribution in [0.2, 0.25) is 0 Å². The molecule has 70 valence electrons. The number of ketones is 1. The van der Waals surface area contributed by atoms with Crippen LogP contribution in [-0.4, -0.2) is 11.8 Å². The van der Waals surface area contributed by atoms with Crippen LogP contribution < -0.4 is 34.7 Å². The van der Waals surface area contributed by atoms with Gasteiger partial charge in [-0.05, 0) is 12.8 Å². The summed E-state index contributed by atoms with van der Waals surface area (Å²) >= 11 is 0. The maximum atomic E-state index is 10.9. The Bertz CT molecular complexity index is 157. The molecule has 0 aromatic heterocycles. The van der Waals surface area contributed by atoms with Gasteiger partial charge in [-0.1, -0.05) is 19.8 Å². The van der Waals surface area contributed by atoms with Gasteiger partial charge in [0.1, 0.15) is 5.78 Å². The molecule has 0 fully saturated rings. The van der Waals surface area contributed by atoms with Gasteiger partial charge in [0.25, 0.3) is 0 Å². The van der Waals surface area contributed by atoms with Gasteiger partial charge in [0, 0.05) is 18.8 Å². The zero-order valence-corrected chi connectivity index (χ0v) is 10.5. The van der Waals surface area contributed by atoms with Gasteiger partial charge in [-0.25, -0.2) is 0 Å². The summed E-state index contributed by atoms with van der Waals surface area (Å²) < 4.78 is 0. The van der Waals surface area contributed by atoms with E-state index in [0.29, 0.717) is 6.42 Å². The number of carbonyl (C=O) groups is 2. The number of carboxylic acid groups (broad SMARTS) is 1. The molecular weight excluding hydrogens is 179 g/mol. The molecule has 0 amide bonds. The molecule has 0 bridgehead atoms. The van der Waals surface area contributed by atoms with Crippen LogP contribution in [0.15, 0.2) is 0 Å². The Labute approximate surface area is 101 Å². The van der Waals surface area contributed by atoms with Crippen molar-refractivity contribution in [2.75, 3.05) is 0 Å². The second-order valence-electron chi connectivity index (χ2n) is 2.87. The number of carbonyl (C=O) groups excluding carboxylic acids is 2. The standard InChI is InChI=1S/C9H16O3.Na/c1-2-3-4-5-8(10)6-7-9(11)12;/h2-7H2,1H3,(H,11,12);/q;+1/p-1. The van der Waals surface area contributed by atoms with Crippen molar-refractivity contribution in [2.24, 2.45) is 0 Å². The minimum Gasteiger partial charge on any atom is -0.550 e. The molecule has 0 atom stereocenters. The molecule has 0 aromatic rings. The first kappa shape index (κ1) is 15.6. The molecule has 0 radical (unpaired) electrons. The van der Waals surface area contributed by atoms with E-state index in [4.69, 9.17) is 0 Å². The first-order valence-corrected chi connectivity index (χ1v) is 4.38. The monoisotopic (exact) mass is 194 g/mol. The fourth-order valence-electron chi connectivity index (χ4n) is 0.939. The smallest absolute Gasteiger partial charge is 0.550 e. The summed E-state index contributed by atoms with van der Waals surface area (Å²) in [7, 11) is 0. The van der Waals surface area contributed by atoms with Crippen molar-refractivity contribution >= 4 is 11.8 Å². The van der Waals surface area contributed by atoms with E-state index in [-0.39, 0.29) is 48.2 Å². The van der Waals surface area contributed by atoms with E-state index in [1.807, 2.05) is 0 Å². The Morgan fingerprint density at radius 1 is 1.08 bits per heavy atom. The van der Waals surface area contributed by atoms with Gasteiger partial charge in [0.15, 0.2) is 0 Å². The minimum absolute atomic E-state index is 0. The maximum absolute atomic E-state index is 10.9. The Hall–Kier alpha value is 0.140. The van der Waals surface area contributed by atoms with Crippen LogP contribution in [0.25, 0.3) is 0 Å². The summed E-state index contributed by atoms with van der Waals surface area (Å²) in [5, 5.41) is 9.97. The first-order valence-electron chi connectivity index (χ1n) is 4.38. The van der Waals surface area contributed by atoms with Gasteiger partial charge in [-0.2, -0.15) is 0 Å². The quantitative estimate of drug-likeness (QED) is 0.337. The van der Waals surface area contributed by atoms with Crippen LogP contribution in [0.4, 0.5) is 0 Å². The maximum Gasteiger partial charge on any atom is 1.00 e. The second-order valence-corrected chi connectivity index (χ2v) is 2.87. The summed E-state index contributed by atoms with van der Waals surface area (Å²) in [6.45, 7) is 2.06. The molecule has 0 aliphatic heterocycles. The van der Waals surface area contributed by atoms with E-state index in [9.17, 15) is 14.7 Å². The van der Waals surface area contributed by atoms with Gasteiger partial charge in [0.05, 0.1) is 0 Å². The van der Waals surface area contributed by atoms with Crippen molar-refractivity contribution in [2.45, 2.75) is 45.4 Å². The SMILES string of the molecule is CCCCCC(=O)CCC(=O)[O-].[Na+]. The summed E-state index contributed by atoms with van der Waals surface area (Å²) in [6.07, 6.45) is 3.51. The molecule has 0 aliphatic rings. The van der Waals surface area contributed by atoms with Crippen molar-refractivity contribution in [3.8, 4) is 0 Å². The molecule has 0 saturated heterocycles. The van der Waals surface area contributed by atoms with E-state index >= 15 is 0 Å². The number of carboxylic acids is 1. The molecule has 0 rings (SSSR count). The normalized spacial score (nSPS) is 9.00. The van der Waals surface area contributed by atoms with Crippen molar-refractivity contribution < 1.29 is 44.3 Å². The average Bonchev–Trinajstić information content (AvgIpc) is 2.01. The summed E-state index contributed by atoms with van der Waals surface area (Å²) in [4.78, 5) is 20.9. The van der Waals surface area contributed by atoms with Gasteiger partial charge < -0.3 is 9.90 Å². The van der Waals surface area contributed by atoms with Crippen LogP contribution in [0, 0.1) is 0 Å². The van der Waals surface area contributed by atoms with Crippen LogP contribution in [0.3, 0.4) is 0 Å². The van der Waals surface area contributed by atoms with Crippen molar-refractivity contribution in [3.05, 3.63) is 0 Å². The summed E-state index contributed by atoms with van der Waals surface area (Å²) in [5.74, 6) is -1.11. The molecule has 0 unspecified atom stereocenters. The number of rotatable bonds is 7. The van der Waals surface area contributed by atoms with Crippen LogP contribution >= 0.6 is 0 Å². The Morgan fingerprint density at radius 2 is 1.69 bits per heavy atom. The molecular formula is C9H15NaO3. The molecule has 0 aliphatic carbocycles. The van der Waals surface area contributed by atoms with Crippen LogP contribution in [-0.2, 0) is 9.59 Å². The minimum atomic E-state index is -1.14. The molecule has 13 heavy (non-hydrogen) atoms. The summed E-state index contributed by atoms with van der Waals surface area (Å²) in [5.41, 5.74) is 0. The van der Waals surface area contributed by atoms with Gasteiger partial charge in [-0.3, -0.25) is 4.79 Å². The Morgan fingerprint density at radius 3 is 2.15 bits per heavy atom. The first-order chi connectivity index (χ1) is 5.66. The average molecular weight is 194 g/mol. The third-order valence-electron chi connectivity index (χ3n) is 1.67. The van der Waals surface area contributed by atoms with E-state index < -0.39 is 5.97 Å². The van der Waals surface area contributed by atoms with Crippen LogP contribution in [0.1, 0.15) is 45.4 Å². The van der Waals surface area contributed by atoms with Crippen LogP contribution in [0.5, 0.6) is 0 Å². The largest absolute Gasteiger partial charge is 1.00 e. The molecule has 0 N–H and O–H groups in total. The topological polar surface area (TPSA) is 57.2 Å². The van der Waals surface area contributed by atoms with Crippen molar-refractivity contribution in [1.29, 1.82) is 0 Å². The zero-order chi connectivity index (χ0) is 9.40. The number of unbranched alkanes of at least 4 members (excludes halogenated alkanes) is 2. The molecule has 4 heteroatoms. The van der Waals surface area contributed by atoms with Crippen molar-refractivity contribution in [1.82, 2.24) is 0 Å². The fraction of sp³-hybridized carbons (Fsp3) is 0.778. The number of hydrogen-bond acceptors (Lipinski definition) is 3. The number of Topliss-reactive ketones (excluding diaryl/α,β-unsaturated/α-hetero) is 1. The predicted octanol–water partition coefficient (Wildman–Crippen LogP) is -2.33. The number of aliphatic carboxylic acids is 1. The molecule has 0 aromatic carbocycles. The Balaban J connectivity index is 0. The molecule has 0 saturated carbocycles. The van der Waals surface area contributed by atoms with E-state index in [2.05, 4.69) is 6.92 Å². The van der Waals surface area contributed by atoms with E-state index in [0.717, 1.165) is 19.3 Å². The Kier molecular flexibility index (Phi) is 12.3. The third kappa shape index (κ3) is 12.1. The zero-order valence-electron chi connectivity index (χ0n) is 8.47. The van der Waals surface area contributed by atoms with E-state index in [1.54, 1.807) is 0 Å². The van der Waals surface area contributed by atoms with Gasteiger partial charge in [-0.15, -0.1) is 0 Å². The number of hydrogen-bond donors (Lipinski definition) is 0.